The van der Waals surface area contributed by atoms with Crippen LogP contribution in [0.4, 0.5) is 0 Å². The number of nitrogens with zero attached hydrogens (tertiary/aromatic N) is 1. The SMILES string of the molecule is Cc1cc(Br)cc(C)c1OC(=O)CCCCCN1C(=O)c2ccccc2C1=O. The van der Waals surface area contributed by atoms with Crippen LogP contribution >= 0.6 is 15.9 Å². The highest BCUT2D eigenvalue weighted by molar-refractivity contribution is 9.10. The summed E-state index contributed by atoms with van der Waals surface area (Å²) in [5.74, 6) is -0.129. The fourth-order valence-corrected chi connectivity index (χ4v) is 4.07. The third-order valence-electron chi connectivity index (χ3n) is 4.78. The second-order valence-corrected chi connectivity index (χ2v) is 7.88. The van der Waals surface area contributed by atoms with E-state index in [2.05, 4.69) is 15.9 Å². The van der Waals surface area contributed by atoms with Crippen molar-refractivity contribution in [1.82, 2.24) is 4.90 Å². The first-order valence-corrected chi connectivity index (χ1v) is 10.1. The number of esters is 1. The van der Waals surface area contributed by atoms with Gasteiger partial charge in [0.1, 0.15) is 5.75 Å². The number of benzene rings is 2. The van der Waals surface area contributed by atoms with Gasteiger partial charge in [0.05, 0.1) is 11.1 Å². The molecule has 2 aromatic rings. The van der Waals surface area contributed by atoms with Crippen molar-refractivity contribution >= 4 is 33.7 Å². The standard InChI is InChI=1S/C22H22BrNO4/c1-14-12-16(23)13-15(2)20(14)28-19(25)10-4-3-7-11-24-21(26)17-8-5-6-9-18(17)22(24)27/h5-6,8-9,12-13H,3-4,7,10-11H2,1-2H3. The third-order valence-corrected chi connectivity index (χ3v) is 5.24. The van der Waals surface area contributed by atoms with E-state index in [1.165, 1.54) is 4.90 Å². The van der Waals surface area contributed by atoms with Gasteiger partial charge in [0, 0.05) is 17.4 Å². The molecule has 0 aliphatic carbocycles. The minimum atomic E-state index is -0.269. The number of fused-ring (bicyclic) bond motifs is 1. The Bertz CT molecular complexity index is 880. The Hall–Kier alpha value is -2.47. The number of amides is 2. The van der Waals surface area contributed by atoms with E-state index in [0.29, 0.717) is 42.7 Å². The number of halogens is 1. The Kier molecular flexibility index (Phi) is 6.29. The van der Waals surface area contributed by atoms with Crippen LogP contribution in [0.1, 0.15) is 57.5 Å². The predicted molar refractivity (Wildman–Crippen MR) is 110 cm³/mol. The maximum atomic E-state index is 12.3. The molecule has 0 saturated heterocycles. The molecule has 2 amide bonds. The summed E-state index contributed by atoms with van der Waals surface area (Å²) in [5, 5.41) is 0. The smallest absolute Gasteiger partial charge is 0.311 e. The van der Waals surface area contributed by atoms with E-state index >= 15 is 0 Å². The second-order valence-electron chi connectivity index (χ2n) is 6.96. The lowest BCUT2D eigenvalue weighted by Gasteiger charge is -2.13. The van der Waals surface area contributed by atoms with Gasteiger partial charge in [-0.05, 0) is 62.1 Å². The molecule has 3 rings (SSSR count). The monoisotopic (exact) mass is 443 g/mol. The zero-order valence-corrected chi connectivity index (χ0v) is 17.5. The fourth-order valence-electron chi connectivity index (χ4n) is 3.38. The summed E-state index contributed by atoms with van der Waals surface area (Å²) >= 11 is 3.43. The molecule has 2 aromatic carbocycles. The predicted octanol–water partition coefficient (Wildman–Crippen LogP) is 4.83. The summed E-state index contributed by atoms with van der Waals surface area (Å²) in [6.07, 6.45) is 2.35. The molecule has 0 radical (unpaired) electrons. The van der Waals surface area contributed by atoms with Crippen LogP contribution in [-0.2, 0) is 4.79 Å². The van der Waals surface area contributed by atoms with Gasteiger partial charge in [0.15, 0.2) is 0 Å². The van der Waals surface area contributed by atoms with Crippen molar-refractivity contribution in [3.63, 3.8) is 0 Å². The molecule has 0 atom stereocenters. The van der Waals surface area contributed by atoms with E-state index in [4.69, 9.17) is 4.74 Å². The zero-order chi connectivity index (χ0) is 20.3. The van der Waals surface area contributed by atoms with E-state index < -0.39 is 0 Å². The Morgan fingerprint density at radius 1 is 0.964 bits per heavy atom. The molecule has 0 fully saturated rings. The van der Waals surface area contributed by atoms with Crippen LogP contribution in [-0.4, -0.2) is 29.2 Å². The molecule has 0 unspecified atom stereocenters. The lowest BCUT2D eigenvalue weighted by molar-refractivity contribution is -0.134. The zero-order valence-electron chi connectivity index (χ0n) is 16.0. The van der Waals surface area contributed by atoms with Crippen LogP contribution in [0.5, 0.6) is 5.75 Å². The van der Waals surface area contributed by atoms with Gasteiger partial charge < -0.3 is 4.74 Å². The second kappa shape index (κ2) is 8.69. The van der Waals surface area contributed by atoms with Gasteiger partial charge in [0.2, 0.25) is 0 Å². The lowest BCUT2D eigenvalue weighted by Crippen LogP contribution is -2.30. The van der Waals surface area contributed by atoms with E-state index in [1.807, 2.05) is 26.0 Å². The summed E-state index contributed by atoms with van der Waals surface area (Å²) in [6.45, 7) is 4.18. The van der Waals surface area contributed by atoms with Crippen molar-refractivity contribution in [2.24, 2.45) is 0 Å². The van der Waals surface area contributed by atoms with Gasteiger partial charge in [0.25, 0.3) is 11.8 Å². The lowest BCUT2D eigenvalue weighted by atomic mass is 10.1. The molecule has 6 heteroatoms. The van der Waals surface area contributed by atoms with Gasteiger partial charge in [-0.15, -0.1) is 0 Å². The molecule has 1 aliphatic rings. The van der Waals surface area contributed by atoms with Gasteiger partial charge in [-0.2, -0.15) is 0 Å². The maximum absolute atomic E-state index is 12.3. The molecule has 0 aromatic heterocycles. The number of carbonyl (C=O) groups excluding carboxylic acids is 3. The first-order chi connectivity index (χ1) is 13.4. The molecule has 5 nitrogen and oxygen atoms in total. The highest BCUT2D eigenvalue weighted by Gasteiger charge is 2.34. The number of hydrogen-bond acceptors (Lipinski definition) is 4. The van der Waals surface area contributed by atoms with Gasteiger partial charge in [-0.25, -0.2) is 0 Å². The van der Waals surface area contributed by atoms with Crippen molar-refractivity contribution in [2.45, 2.75) is 39.5 Å². The van der Waals surface area contributed by atoms with Crippen molar-refractivity contribution in [3.8, 4) is 5.75 Å². The van der Waals surface area contributed by atoms with Crippen LogP contribution in [0.15, 0.2) is 40.9 Å². The van der Waals surface area contributed by atoms with Crippen molar-refractivity contribution in [1.29, 1.82) is 0 Å². The highest BCUT2D eigenvalue weighted by atomic mass is 79.9. The van der Waals surface area contributed by atoms with Crippen molar-refractivity contribution in [2.75, 3.05) is 6.54 Å². The Morgan fingerprint density at radius 3 is 2.11 bits per heavy atom. The molecular weight excluding hydrogens is 422 g/mol. The van der Waals surface area contributed by atoms with E-state index in [1.54, 1.807) is 24.3 Å². The topological polar surface area (TPSA) is 63.7 Å². The normalized spacial score (nSPS) is 13.0. The fraction of sp³-hybridized carbons (Fsp3) is 0.318. The van der Waals surface area contributed by atoms with Crippen LogP contribution in [0, 0.1) is 13.8 Å². The summed E-state index contributed by atoms with van der Waals surface area (Å²) in [4.78, 5) is 38.0. The summed E-state index contributed by atoms with van der Waals surface area (Å²) < 4.78 is 6.46. The molecule has 0 bridgehead atoms. The average molecular weight is 444 g/mol. The van der Waals surface area contributed by atoms with Gasteiger partial charge in [-0.1, -0.05) is 34.5 Å². The van der Waals surface area contributed by atoms with Crippen molar-refractivity contribution in [3.05, 3.63) is 63.1 Å². The molecular formula is C22H22BrNO4. The van der Waals surface area contributed by atoms with Crippen LogP contribution in [0.3, 0.4) is 0 Å². The number of rotatable bonds is 7. The maximum Gasteiger partial charge on any atom is 0.311 e. The van der Waals surface area contributed by atoms with Crippen LogP contribution in [0.2, 0.25) is 0 Å². The summed E-state index contributed by atoms with van der Waals surface area (Å²) in [6, 6.07) is 10.7. The number of aryl methyl sites for hydroxylation is 2. The van der Waals surface area contributed by atoms with E-state index in [-0.39, 0.29) is 17.8 Å². The molecule has 28 heavy (non-hydrogen) atoms. The molecule has 1 heterocycles. The minimum Gasteiger partial charge on any atom is -0.426 e. The van der Waals surface area contributed by atoms with Crippen molar-refractivity contribution < 1.29 is 19.1 Å². The largest absolute Gasteiger partial charge is 0.426 e. The number of ether oxygens (including phenoxy) is 1. The molecule has 1 aliphatic heterocycles. The summed E-state index contributed by atoms with van der Waals surface area (Å²) in [7, 11) is 0. The van der Waals surface area contributed by atoms with Crippen LogP contribution in [0.25, 0.3) is 0 Å². The molecule has 0 spiro atoms. The third kappa shape index (κ3) is 4.33. The summed E-state index contributed by atoms with van der Waals surface area (Å²) in [5.41, 5.74) is 2.75. The number of unbranched alkanes of at least 4 members (excludes halogenated alkanes) is 2. The van der Waals surface area contributed by atoms with E-state index in [9.17, 15) is 14.4 Å². The molecule has 0 N–H and O–H groups in total. The Morgan fingerprint density at radius 2 is 1.54 bits per heavy atom. The Labute approximate surface area is 172 Å². The average Bonchev–Trinajstić information content (AvgIpc) is 2.89. The molecule has 146 valence electrons. The van der Waals surface area contributed by atoms with Gasteiger partial charge in [-0.3, -0.25) is 19.3 Å². The number of hydrogen-bond donors (Lipinski definition) is 0. The highest BCUT2D eigenvalue weighted by Crippen LogP contribution is 2.28. The molecule has 0 saturated carbocycles. The number of carbonyl (C=O) groups is 3. The van der Waals surface area contributed by atoms with Crippen LogP contribution < -0.4 is 4.74 Å². The van der Waals surface area contributed by atoms with E-state index in [0.717, 1.165) is 22.0 Å². The van der Waals surface area contributed by atoms with Gasteiger partial charge >= 0.3 is 5.97 Å². The minimum absolute atomic E-state index is 0.235. The first-order valence-electron chi connectivity index (χ1n) is 9.31. The first kappa shape index (κ1) is 20.3. The quantitative estimate of drug-likeness (QED) is 0.266. The number of imide groups is 1. The Balaban J connectivity index is 1.43.